The first-order valence-electron chi connectivity index (χ1n) is 9.79. The van der Waals surface area contributed by atoms with E-state index in [1.807, 2.05) is 0 Å². The van der Waals surface area contributed by atoms with Crippen molar-refractivity contribution in [3.63, 3.8) is 0 Å². The lowest BCUT2D eigenvalue weighted by Gasteiger charge is -2.22. The van der Waals surface area contributed by atoms with E-state index in [0.717, 1.165) is 0 Å². The fourth-order valence-electron chi connectivity index (χ4n) is 2.65. The van der Waals surface area contributed by atoms with Gasteiger partial charge in [0.15, 0.2) is 0 Å². The van der Waals surface area contributed by atoms with E-state index in [-0.39, 0.29) is 12.3 Å². The third-order valence-electron chi connectivity index (χ3n) is 4.04. The van der Waals surface area contributed by atoms with Crippen LogP contribution in [0.5, 0.6) is 0 Å². The number of rotatable bonds is 8. The van der Waals surface area contributed by atoms with Crippen LogP contribution in [-0.4, -0.2) is 41.1 Å². The summed E-state index contributed by atoms with van der Waals surface area (Å²) in [6, 6.07) is 12.2. The molecule has 0 unspecified atom stereocenters. The van der Waals surface area contributed by atoms with Crippen molar-refractivity contribution in [1.29, 1.82) is 0 Å². The fourth-order valence-corrected chi connectivity index (χ4v) is 2.65. The fraction of sp³-hybridized carbons (Fsp3) is 0.273. The molecule has 6 N–H and O–H groups in total. The molecule has 1 atom stereocenters. The number of hydrazine groups is 1. The molecule has 2 rings (SSSR count). The molecule has 2 amide bonds. The number of ether oxygens (including phenoxy) is 1. The predicted molar refractivity (Wildman–Crippen MR) is 121 cm³/mol. The number of carboxylic acid groups (broad SMARTS) is 1. The number of carbonyl (C=O) groups is 3. The number of aliphatic carboxylic acids is 1. The molecule has 0 saturated heterocycles. The van der Waals surface area contributed by atoms with E-state index in [4.69, 9.17) is 10.6 Å². The molecule has 10 nitrogen and oxygen atoms in total. The average molecular weight is 441 g/mol. The molecule has 2 aromatic carbocycles. The van der Waals surface area contributed by atoms with E-state index in [2.05, 4.69) is 21.1 Å². The van der Waals surface area contributed by atoms with E-state index in [9.17, 15) is 19.5 Å². The third kappa shape index (κ3) is 8.07. The maximum absolute atomic E-state index is 12.5. The SMILES string of the molecule is CC(C)(C)OC(=O)N[C@H](Cc1ccc(NC(=O)c2cccc(N=CNN)c2)cc1)C(=O)O. The second-order valence-electron chi connectivity index (χ2n) is 7.87. The zero-order valence-electron chi connectivity index (χ0n) is 18.1. The molecule has 170 valence electrons. The molecular weight excluding hydrogens is 414 g/mol. The normalized spacial score (nSPS) is 12.1. The summed E-state index contributed by atoms with van der Waals surface area (Å²) in [4.78, 5) is 39.9. The van der Waals surface area contributed by atoms with Gasteiger partial charge in [-0.2, -0.15) is 0 Å². The lowest BCUT2D eigenvalue weighted by molar-refractivity contribution is -0.139. The van der Waals surface area contributed by atoms with Gasteiger partial charge in [-0.05, 0) is 56.7 Å². The first kappa shape index (κ1) is 24.4. The Hall–Kier alpha value is -3.92. The number of amides is 2. The van der Waals surface area contributed by atoms with Crippen molar-refractivity contribution < 1.29 is 24.2 Å². The third-order valence-corrected chi connectivity index (χ3v) is 4.04. The molecule has 10 heteroatoms. The molecule has 0 heterocycles. The Labute approximate surface area is 185 Å². The molecule has 0 fully saturated rings. The summed E-state index contributed by atoms with van der Waals surface area (Å²) in [7, 11) is 0. The smallest absolute Gasteiger partial charge is 0.408 e. The van der Waals surface area contributed by atoms with Crippen LogP contribution in [0.2, 0.25) is 0 Å². The Bertz CT molecular complexity index is 983. The molecule has 0 radical (unpaired) electrons. The van der Waals surface area contributed by atoms with Gasteiger partial charge in [0.25, 0.3) is 5.91 Å². The largest absolute Gasteiger partial charge is 0.480 e. The average Bonchev–Trinajstić information content (AvgIpc) is 2.72. The number of nitrogens with zero attached hydrogens (tertiary/aromatic N) is 1. The van der Waals surface area contributed by atoms with Gasteiger partial charge in [-0.3, -0.25) is 4.79 Å². The molecule has 32 heavy (non-hydrogen) atoms. The minimum atomic E-state index is -1.18. The highest BCUT2D eigenvalue weighted by molar-refractivity contribution is 6.04. The topological polar surface area (TPSA) is 155 Å². The number of aliphatic imine (C=N–C) groups is 1. The molecular formula is C22H27N5O5. The summed E-state index contributed by atoms with van der Waals surface area (Å²) in [5.74, 6) is 3.64. The molecule has 0 aromatic heterocycles. The van der Waals surface area contributed by atoms with Crippen molar-refractivity contribution in [2.45, 2.75) is 38.8 Å². The summed E-state index contributed by atoms with van der Waals surface area (Å²) in [6.45, 7) is 5.07. The minimum absolute atomic E-state index is 0.0536. The van der Waals surface area contributed by atoms with Crippen molar-refractivity contribution in [3.05, 3.63) is 59.7 Å². The zero-order chi connectivity index (χ0) is 23.7. The first-order valence-corrected chi connectivity index (χ1v) is 9.79. The van der Waals surface area contributed by atoms with Crippen molar-refractivity contribution in [2.24, 2.45) is 10.8 Å². The zero-order valence-corrected chi connectivity index (χ0v) is 18.1. The number of anilines is 1. The van der Waals surface area contributed by atoms with Crippen molar-refractivity contribution >= 4 is 35.7 Å². The van der Waals surface area contributed by atoms with E-state index in [1.54, 1.807) is 69.3 Å². The monoisotopic (exact) mass is 441 g/mol. The summed E-state index contributed by atoms with van der Waals surface area (Å²) in [5, 5.41) is 14.5. The highest BCUT2D eigenvalue weighted by atomic mass is 16.6. The maximum Gasteiger partial charge on any atom is 0.408 e. The van der Waals surface area contributed by atoms with Crippen molar-refractivity contribution in [1.82, 2.24) is 10.7 Å². The molecule has 0 spiro atoms. The number of hydrogen-bond donors (Lipinski definition) is 5. The van der Waals surface area contributed by atoms with Crippen LogP contribution in [0.1, 0.15) is 36.7 Å². The van der Waals surface area contributed by atoms with Gasteiger partial charge in [0.1, 0.15) is 18.0 Å². The van der Waals surface area contributed by atoms with Gasteiger partial charge in [-0.25, -0.2) is 20.4 Å². The van der Waals surface area contributed by atoms with Gasteiger partial charge in [0.2, 0.25) is 0 Å². The molecule has 2 aromatic rings. The number of nitrogens with one attached hydrogen (secondary N) is 3. The van der Waals surface area contributed by atoms with Gasteiger partial charge in [-0.15, -0.1) is 0 Å². The molecule has 0 aliphatic heterocycles. The van der Waals surface area contributed by atoms with E-state index in [0.29, 0.717) is 22.5 Å². The number of hydrogen-bond acceptors (Lipinski definition) is 6. The highest BCUT2D eigenvalue weighted by Crippen LogP contribution is 2.17. The van der Waals surface area contributed by atoms with Crippen molar-refractivity contribution in [2.75, 3.05) is 5.32 Å². The quantitative estimate of drug-likeness (QED) is 0.182. The van der Waals surface area contributed by atoms with Gasteiger partial charge in [-0.1, -0.05) is 18.2 Å². The van der Waals surface area contributed by atoms with Crippen LogP contribution in [0, 0.1) is 0 Å². The number of carbonyl (C=O) groups excluding carboxylic acids is 2. The Morgan fingerprint density at radius 3 is 2.44 bits per heavy atom. The number of alkyl carbamates (subject to hydrolysis) is 1. The Balaban J connectivity index is 2.01. The molecule has 0 aliphatic carbocycles. The Morgan fingerprint density at radius 1 is 1.16 bits per heavy atom. The van der Waals surface area contributed by atoms with E-state index in [1.165, 1.54) is 6.34 Å². The second-order valence-corrected chi connectivity index (χ2v) is 7.87. The molecule has 0 aliphatic rings. The number of benzene rings is 2. The van der Waals surface area contributed by atoms with E-state index >= 15 is 0 Å². The van der Waals surface area contributed by atoms with Crippen LogP contribution >= 0.6 is 0 Å². The lowest BCUT2D eigenvalue weighted by Crippen LogP contribution is -2.44. The van der Waals surface area contributed by atoms with Crippen LogP contribution in [0.3, 0.4) is 0 Å². The van der Waals surface area contributed by atoms with Gasteiger partial charge < -0.3 is 25.9 Å². The summed E-state index contributed by atoms with van der Waals surface area (Å²) in [6.07, 6.45) is 0.554. The van der Waals surface area contributed by atoms with Crippen LogP contribution in [0.25, 0.3) is 0 Å². The summed E-state index contributed by atoms with van der Waals surface area (Å²) >= 11 is 0. The first-order chi connectivity index (χ1) is 15.1. The Kier molecular flexibility index (Phi) is 8.31. The predicted octanol–water partition coefficient (Wildman–Crippen LogP) is 2.58. The standard InChI is InChI=1S/C22H27N5O5/c1-22(2,3)32-21(31)27-18(20(29)30)11-14-7-9-16(10-8-14)26-19(28)15-5-4-6-17(12-15)24-13-25-23/h4-10,12-13,18H,11,23H2,1-3H3,(H,24,25)(H,26,28)(H,27,31)(H,29,30)/t18-/m1/s1. The molecule has 0 bridgehead atoms. The number of nitrogens with two attached hydrogens (primary N) is 1. The summed E-state index contributed by atoms with van der Waals surface area (Å²) < 4.78 is 5.11. The van der Waals surface area contributed by atoms with Gasteiger partial charge in [0.05, 0.1) is 5.69 Å². The lowest BCUT2D eigenvalue weighted by atomic mass is 10.1. The van der Waals surface area contributed by atoms with Gasteiger partial charge in [0, 0.05) is 17.7 Å². The minimum Gasteiger partial charge on any atom is -0.480 e. The van der Waals surface area contributed by atoms with Crippen LogP contribution in [0.4, 0.5) is 16.2 Å². The van der Waals surface area contributed by atoms with Crippen LogP contribution < -0.4 is 21.9 Å². The van der Waals surface area contributed by atoms with Crippen LogP contribution in [0.15, 0.2) is 53.5 Å². The van der Waals surface area contributed by atoms with Crippen LogP contribution in [-0.2, 0) is 16.0 Å². The van der Waals surface area contributed by atoms with E-state index < -0.39 is 23.7 Å². The van der Waals surface area contributed by atoms with Gasteiger partial charge >= 0.3 is 12.1 Å². The number of carboxylic acids is 1. The molecule has 0 saturated carbocycles. The summed E-state index contributed by atoms with van der Waals surface area (Å²) in [5.41, 5.74) is 3.72. The Morgan fingerprint density at radius 2 is 1.84 bits per heavy atom. The van der Waals surface area contributed by atoms with Crippen molar-refractivity contribution in [3.8, 4) is 0 Å². The second kappa shape index (κ2) is 10.9. The maximum atomic E-state index is 12.5. The highest BCUT2D eigenvalue weighted by Gasteiger charge is 2.24.